The molecule has 1 aromatic rings. The zero-order valence-electron chi connectivity index (χ0n) is 11.1. The quantitative estimate of drug-likeness (QED) is 0.707. The number of anilines is 1. The number of aryl methyl sites for hydroxylation is 2. The van der Waals surface area contributed by atoms with Crippen LogP contribution in [0.15, 0.2) is 18.2 Å². The third kappa shape index (κ3) is 2.56. The molecule has 0 heterocycles. The van der Waals surface area contributed by atoms with E-state index in [9.17, 15) is 0 Å². The number of nitrogens with zero attached hydrogens (tertiary/aromatic N) is 1. The van der Waals surface area contributed by atoms with E-state index in [2.05, 4.69) is 50.8 Å². The van der Waals surface area contributed by atoms with E-state index in [1.54, 1.807) is 7.11 Å². The highest BCUT2D eigenvalue weighted by Gasteiger charge is 2.16. The number of rotatable bonds is 5. The van der Waals surface area contributed by atoms with Crippen molar-refractivity contribution in [3.63, 3.8) is 0 Å². The molecule has 16 heavy (non-hydrogen) atoms. The molecule has 1 rings (SSSR count). The van der Waals surface area contributed by atoms with Gasteiger partial charge < -0.3 is 9.64 Å². The third-order valence-corrected chi connectivity index (χ3v) is 3.11. The van der Waals surface area contributed by atoms with Crippen LogP contribution in [0.4, 0.5) is 5.69 Å². The highest BCUT2D eigenvalue weighted by molar-refractivity contribution is 5.59. The predicted molar refractivity (Wildman–Crippen MR) is 70.0 cm³/mol. The number of para-hydroxylation sites is 1. The number of hydrogen-bond acceptors (Lipinski definition) is 2. The van der Waals surface area contributed by atoms with Crippen molar-refractivity contribution in [3.8, 4) is 0 Å². The molecule has 0 bridgehead atoms. The van der Waals surface area contributed by atoms with Crippen LogP contribution in [0.3, 0.4) is 0 Å². The van der Waals surface area contributed by atoms with E-state index in [0.717, 1.165) is 13.0 Å². The van der Waals surface area contributed by atoms with Crippen molar-refractivity contribution in [2.75, 3.05) is 18.6 Å². The molecule has 0 aromatic heterocycles. The molecule has 0 radical (unpaired) electrons. The first kappa shape index (κ1) is 13.0. The second-order valence-corrected chi connectivity index (χ2v) is 4.06. The van der Waals surface area contributed by atoms with Crippen molar-refractivity contribution in [1.29, 1.82) is 0 Å². The summed E-state index contributed by atoms with van der Waals surface area (Å²) in [7, 11) is 1.76. The summed E-state index contributed by atoms with van der Waals surface area (Å²) < 4.78 is 5.44. The molecule has 0 saturated carbocycles. The largest absolute Gasteiger partial charge is 0.362 e. The van der Waals surface area contributed by atoms with Gasteiger partial charge in [0, 0.05) is 19.3 Å². The normalized spacial score (nSPS) is 12.6. The maximum absolute atomic E-state index is 5.44. The molecule has 2 heteroatoms. The molecule has 1 atom stereocenters. The Bertz CT molecular complexity index is 336. The number of hydrogen-bond donors (Lipinski definition) is 0. The van der Waals surface area contributed by atoms with Gasteiger partial charge in [-0.1, -0.05) is 25.1 Å². The highest BCUT2D eigenvalue weighted by atomic mass is 16.5. The Balaban J connectivity index is 3.17. The Morgan fingerprint density at radius 1 is 1.31 bits per heavy atom. The molecular weight excluding hydrogens is 198 g/mol. The number of methoxy groups -OCH3 is 1. The fraction of sp³-hybridized carbons (Fsp3) is 0.571. The molecule has 0 saturated heterocycles. The summed E-state index contributed by atoms with van der Waals surface area (Å²) in [4.78, 5) is 2.31. The summed E-state index contributed by atoms with van der Waals surface area (Å²) in [6.07, 6.45) is 1.18. The molecule has 1 aromatic carbocycles. The Labute approximate surface area is 99.2 Å². The molecule has 90 valence electrons. The highest BCUT2D eigenvalue weighted by Crippen LogP contribution is 2.27. The molecule has 0 aliphatic rings. The van der Waals surface area contributed by atoms with E-state index in [1.807, 2.05) is 0 Å². The summed E-state index contributed by atoms with van der Waals surface area (Å²) in [5.74, 6) is 0. The first-order chi connectivity index (χ1) is 7.65. The van der Waals surface area contributed by atoms with Gasteiger partial charge >= 0.3 is 0 Å². The van der Waals surface area contributed by atoms with Gasteiger partial charge in [0.15, 0.2) is 0 Å². The Hall–Kier alpha value is -1.02. The van der Waals surface area contributed by atoms with Crippen molar-refractivity contribution in [2.24, 2.45) is 0 Å². The van der Waals surface area contributed by atoms with E-state index in [4.69, 9.17) is 4.74 Å². The first-order valence-corrected chi connectivity index (χ1v) is 6.03. The van der Waals surface area contributed by atoms with Crippen LogP contribution in [0, 0.1) is 6.92 Å². The number of ether oxygens (including phenoxy) is 1. The fourth-order valence-corrected chi connectivity index (χ4v) is 2.14. The van der Waals surface area contributed by atoms with Gasteiger partial charge in [0.1, 0.15) is 6.23 Å². The molecule has 0 fully saturated rings. The van der Waals surface area contributed by atoms with Crippen molar-refractivity contribution in [3.05, 3.63) is 29.3 Å². The molecule has 0 amide bonds. The molecule has 2 nitrogen and oxygen atoms in total. The van der Waals surface area contributed by atoms with Crippen molar-refractivity contribution in [2.45, 2.75) is 40.3 Å². The minimum absolute atomic E-state index is 0.122. The maximum atomic E-state index is 5.44. The van der Waals surface area contributed by atoms with Crippen molar-refractivity contribution < 1.29 is 4.74 Å². The lowest BCUT2D eigenvalue weighted by Crippen LogP contribution is -2.35. The lowest BCUT2D eigenvalue weighted by Gasteiger charge is -2.32. The summed E-state index contributed by atoms with van der Waals surface area (Å²) in [5.41, 5.74) is 4.05. The average Bonchev–Trinajstić information content (AvgIpc) is 2.31. The van der Waals surface area contributed by atoms with Crippen LogP contribution >= 0.6 is 0 Å². The lowest BCUT2D eigenvalue weighted by molar-refractivity contribution is 0.115. The van der Waals surface area contributed by atoms with E-state index in [1.165, 1.54) is 16.8 Å². The van der Waals surface area contributed by atoms with Crippen molar-refractivity contribution >= 4 is 5.69 Å². The van der Waals surface area contributed by atoms with Gasteiger partial charge in [0.2, 0.25) is 0 Å². The molecular formula is C14H23NO. The monoisotopic (exact) mass is 221 g/mol. The van der Waals surface area contributed by atoms with E-state index in [0.29, 0.717) is 0 Å². The van der Waals surface area contributed by atoms with Crippen LogP contribution in [0.2, 0.25) is 0 Å². The molecule has 0 N–H and O–H groups in total. The van der Waals surface area contributed by atoms with Gasteiger partial charge in [-0.05, 0) is 38.3 Å². The lowest BCUT2D eigenvalue weighted by atomic mass is 10.0. The van der Waals surface area contributed by atoms with Gasteiger partial charge in [0.25, 0.3) is 0 Å². The summed E-state index contributed by atoms with van der Waals surface area (Å²) >= 11 is 0. The van der Waals surface area contributed by atoms with E-state index < -0.39 is 0 Å². The van der Waals surface area contributed by atoms with Gasteiger partial charge in [0.05, 0.1) is 0 Å². The first-order valence-electron chi connectivity index (χ1n) is 6.03. The zero-order chi connectivity index (χ0) is 12.1. The minimum atomic E-state index is 0.122. The second kappa shape index (κ2) is 5.90. The zero-order valence-corrected chi connectivity index (χ0v) is 11.1. The summed E-state index contributed by atoms with van der Waals surface area (Å²) in [6.45, 7) is 9.59. The van der Waals surface area contributed by atoms with Crippen LogP contribution in [0.25, 0.3) is 0 Å². The van der Waals surface area contributed by atoms with E-state index >= 15 is 0 Å². The Morgan fingerprint density at radius 3 is 2.50 bits per heavy atom. The van der Waals surface area contributed by atoms with Crippen LogP contribution in [-0.2, 0) is 11.2 Å². The molecule has 0 spiro atoms. The van der Waals surface area contributed by atoms with Crippen LogP contribution in [0.5, 0.6) is 0 Å². The third-order valence-electron chi connectivity index (χ3n) is 3.11. The Kier molecular flexibility index (Phi) is 4.81. The van der Waals surface area contributed by atoms with Crippen LogP contribution < -0.4 is 4.90 Å². The standard InChI is InChI=1S/C14H23NO/c1-6-13-10-8-9-11(3)14(13)15(7-2)12(4)16-5/h8-10,12H,6-7H2,1-5H3/t12-/m0/s1. The van der Waals surface area contributed by atoms with Crippen LogP contribution in [-0.4, -0.2) is 19.9 Å². The fourth-order valence-electron chi connectivity index (χ4n) is 2.14. The van der Waals surface area contributed by atoms with Crippen LogP contribution in [0.1, 0.15) is 31.9 Å². The summed E-state index contributed by atoms with van der Waals surface area (Å²) in [6, 6.07) is 6.50. The molecule has 0 aliphatic heterocycles. The smallest absolute Gasteiger partial charge is 0.126 e. The predicted octanol–water partition coefficient (Wildman–Crippen LogP) is 3.38. The molecule has 0 aliphatic carbocycles. The van der Waals surface area contributed by atoms with Gasteiger partial charge in [-0.3, -0.25) is 0 Å². The average molecular weight is 221 g/mol. The van der Waals surface area contributed by atoms with Gasteiger partial charge in [-0.25, -0.2) is 0 Å². The number of benzene rings is 1. The maximum Gasteiger partial charge on any atom is 0.126 e. The SMILES string of the molecule is CCc1cccc(C)c1N(CC)[C@H](C)OC. The minimum Gasteiger partial charge on any atom is -0.362 e. The second-order valence-electron chi connectivity index (χ2n) is 4.06. The van der Waals surface area contributed by atoms with Crippen molar-refractivity contribution in [1.82, 2.24) is 0 Å². The Morgan fingerprint density at radius 2 is 2.00 bits per heavy atom. The van der Waals surface area contributed by atoms with E-state index in [-0.39, 0.29) is 6.23 Å². The van der Waals surface area contributed by atoms with Gasteiger partial charge in [-0.2, -0.15) is 0 Å². The molecule has 0 unspecified atom stereocenters. The van der Waals surface area contributed by atoms with Gasteiger partial charge in [-0.15, -0.1) is 0 Å². The summed E-state index contributed by atoms with van der Waals surface area (Å²) in [5, 5.41) is 0. The topological polar surface area (TPSA) is 12.5 Å².